The lowest BCUT2D eigenvalue weighted by Crippen LogP contribution is -2.04. The van der Waals surface area contributed by atoms with Crippen LogP contribution in [0.1, 0.15) is 13.8 Å². The first-order chi connectivity index (χ1) is 9.60. The van der Waals surface area contributed by atoms with Crippen LogP contribution in [0.3, 0.4) is 0 Å². The van der Waals surface area contributed by atoms with E-state index in [0.29, 0.717) is 17.6 Å². The molecule has 5 heteroatoms. The van der Waals surface area contributed by atoms with E-state index < -0.39 is 0 Å². The molecular formula is C15H17N3OS. The van der Waals surface area contributed by atoms with E-state index in [1.807, 2.05) is 42.7 Å². The third-order valence-electron chi connectivity index (χ3n) is 2.35. The quantitative estimate of drug-likeness (QED) is 0.807. The van der Waals surface area contributed by atoms with Crippen LogP contribution in [0.15, 0.2) is 34.9 Å². The largest absolute Gasteiger partial charge is 0.493 e. The summed E-state index contributed by atoms with van der Waals surface area (Å²) < 4.78 is 5.59. The van der Waals surface area contributed by atoms with Crippen LogP contribution in [0.2, 0.25) is 0 Å². The predicted octanol–water partition coefficient (Wildman–Crippen LogP) is 3.76. The molecule has 0 fully saturated rings. The van der Waals surface area contributed by atoms with Crippen molar-refractivity contribution in [2.75, 3.05) is 18.2 Å². The van der Waals surface area contributed by atoms with Crippen molar-refractivity contribution >= 4 is 17.4 Å². The Morgan fingerprint density at radius 3 is 2.30 bits per heavy atom. The standard InChI is InChI=1S/C15H17N3OS/c1-11(2)10-19-14-6-4-13(5-7-14)18-15(20-3)12(8-16)9-17/h4-7,11,18H,10H2,1-3H3. The number of allylic oxidation sites excluding steroid dienone is 1. The molecule has 0 atom stereocenters. The molecule has 0 saturated carbocycles. The number of nitrogens with one attached hydrogen (secondary N) is 1. The molecule has 0 spiro atoms. The monoisotopic (exact) mass is 287 g/mol. The van der Waals surface area contributed by atoms with Crippen LogP contribution in [0.25, 0.3) is 0 Å². The van der Waals surface area contributed by atoms with Crippen molar-refractivity contribution in [1.82, 2.24) is 0 Å². The van der Waals surface area contributed by atoms with E-state index >= 15 is 0 Å². The summed E-state index contributed by atoms with van der Waals surface area (Å²) in [6, 6.07) is 11.2. The number of nitriles is 2. The van der Waals surface area contributed by atoms with Gasteiger partial charge in [-0.25, -0.2) is 0 Å². The number of hydrogen-bond donors (Lipinski definition) is 1. The van der Waals surface area contributed by atoms with Gasteiger partial charge in [-0.05, 0) is 36.4 Å². The minimum atomic E-state index is 0.0811. The Morgan fingerprint density at radius 1 is 1.25 bits per heavy atom. The lowest BCUT2D eigenvalue weighted by atomic mass is 10.2. The Bertz CT molecular complexity index is 534. The topological polar surface area (TPSA) is 68.8 Å². The number of ether oxygens (including phenoxy) is 1. The van der Waals surface area contributed by atoms with E-state index in [4.69, 9.17) is 15.3 Å². The fourth-order valence-electron chi connectivity index (χ4n) is 1.37. The van der Waals surface area contributed by atoms with E-state index in [2.05, 4.69) is 19.2 Å². The average Bonchev–Trinajstić information content (AvgIpc) is 2.46. The summed E-state index contributed by atoms with van der Waals surface area (Å²) in [6.45, 7) is 4.86. The SMILES string of the molecule is CSC(Nc1ccc(OCC(C)C)cc1)=C(C#N)C#N. The molecular weight excluding hydrogens is 270 g/mol. The van der Waals surface area contributed by atoms with Gasteiger partial charge in [-0.1, -0.05) is 13.8 Å². The molecule has 0 unspecified atom stereocenters. The summed E-state index contributed by atoms with van der Waals surface area (Å²) in [7, 11) is 0. The second-order valence-electron chi connectivity index (χ2n) is 4.49. The van der Waals surface area contributed by atoms with E-state index in [9.17, 15) is 0 Å². The Balaban J connectivity index is 2.77. The van der Waals surface area contributed by atoms with Crippen LogP contribution in [0, 0.1) is 28.6 Å². The summed E-state index contributed by atoms with van der Waals surface area (Å²) in [4.78, 5) is 0. The molecule has 1 rings (SSSR count). The maximum atomic E-state index is 8.87. The van der Waals surface area contributed by atoms with Gasteiger partial charge in [0.15, 0.2) is 5.57 Å². The molecule has 20 heavy (non-hydrogen) atoms. The Hall–Kier alpha value is -2.11. The van der Waals surface area contributed by atoms with Crippen LogP contribution in [-0.2, 0) is 0 Å². The van der Waals surface area contributed by atoms with Crippen molar-refractivity contribution in [2.24, 2.45) is 5.92 Å². The zero-order chi connectivity index (χ0) is 15.0. The van der Waals surface area contributed by atoms with Crippen molar-refractivity contribution in [3.05, 3.63) is 34.9 Å². The van der Waals surface area contributed by atoms with Crippen molar-refractivity contribution < 1.29 is 4.74 Å². The first-order valence-corrected chi connectivity index (χ1v) is 7.41. The molecule has 0 amide bonds. The Labute approximate surface area is 124 Å². The zero-order valence-corrected chi connectivity index (χ0v) is 12.6. The summed E-state index contributed by atoms with van der Waals surface area (Å²) >= 11 is 1.33. The van der Waals surface area contributed by atoms with E-state index in [1.54, 1.807) is 0 Å². The maximum absolute atomic E-state index is 8.87. The highest BCUT2D eigenvalue weighted by molar-refractivity contribution is 8.02. The third-order valence-corrected chi connectivity index (χ3v) is 3.06. The Kier molecular flexibility index (Phi) is 6.49. The molecule has 0 aliphatic rings. The van der Waals surface area contributed by atoms with Crippen molar-refractivity contribution in [3.63, 3.8) is 0 Å². The fraction of sp³-hybridized carbons (Fsp3) is 0.333. The molecule has 0 heterocycles. The molecule has 0 aromatic heterocycles. The highest BCUT2D eigenvalue weighted by Gasteiger charge is 2.05. The molecule has 104 valence electrons. The van der Waals surface area contributed by atoms with Gasteiger partial charge in [-0.15, -0.1) is 11.8 Å². The summed E-state index contributed by atoms with van der Waals surface area (Å²) in [6.07, 6.45) is 1.82. The minimum absolute atomic E-state index is 0.0811. The van der Waals surface area contributed by atoms with Gasteiger partial charge in [0, 0.05) is 5.69 Å². The molecule has 0 radical (unpaired) electrons. The smallest absolute Gasteiger partial charge is 0.159 e. The second kappa shape index (κ2) is 8.14. The van der Waals surface area contributed by atoms with Crippen LogP contribution in [-0.4, -0.2) is 12.9 Å². The van der Waals surface area contributed by atoms with E-state index in [0.717, 1.165) is 11.4 Å². The number of thioether (sulfide) groups is 1. The number of hydrogen-bond acceptors (Lipinski definition) is 5. The van der Waals surface area contributed by atoms with Gasteiger partial charge < -0.3 is 10.1 Å². The minimum Gasteiger partial charge on any atom is -0.493 e. The van der Waals surface area contributed by atoms with Gasteiger partial charge in [0.05, 0.1) is 6.61 Å². The van der Waals surface area contributed by atoms with Gasteiger partial charge in [0.1, 0.15) is 22.9 Å². The van der Waals surface area contributed by atoms with Crippen LogP contribution in [0.5, 0.6) is 5.75 Å². The highest BCUT2D eigenvalue weighted by atomic mass is 32.2. The van der Waals surface area contributed by atoms with Gasteiger partial charge in [0.2, 0.25) is 0 Å². The van der Waals surface area contributed by atoms with Gasteiger partial charge >= 0.3 is 0 Å². The molecule has 0 aliphatic carbocycles. The first-order valence-electron chi connectivity index (χ1n) is 6.19. The molecule has 1 N–H and O–H groups in total. The number of nitrogens with zero attached hydrogens (tertiary/aromatic N) is 2. The van der Waals surface area contributed by atoms with E-state index in [1.165, 1.54) is 11.8 Å². The highest BCUT2D eigenvalue weighted by Crippen LogP contribution is 2.22. The van der Waals surface area contributed by atoms with Gasteiger partial charge in [0.25, 0.3) is 0 Å². The molecule has 0 bridgehead atoms. The predicted molar refractivity (Wildman–Crippen MR) is 82.2 cm³/mol. The van der Waals surface area contributed by atoms with Gasteiger partial charge in [-0.2, -0.15) is 10.5 Å². The number of rotatable bonds is 6. The van der Waals surface area contributed by atoms with Crippen LogP contribution >= 0.6 is 11.8 Å². The zero-order valence-electron chi connectivity index (χ0n) is 11.8. The van der Waals surface area contributed by atoms with Gasteiger partial charge in [-0.3, -0.25) is 0 Å². The molecule has 1 aromatic rings. The lowest BCUT2D eigenvalue weighted by molar-refractivity contribution is 0.271. The molecule has 1 aromatic carbocycles. The first kappa shape index (κ1) is 15.9. The number of benzene rings is 1. The second-order valence-corrected chi connectivity index (χ2v) is 5.30. The molecule has 0 saturated heterocycles. The molecule has 4 nitrogen and oxygen atoms in total. The lowest BCUT2D eigenvalue weighted by Gasteiger charge is -2.11. The third kappa shape index (κ3) is 4.87. The van der Waals surface area contributed by atoms with Crippen LogP contribution < -0.4 is 10.1 Å². The normalized spacial score (nSPS) is 9.50. The van der Waals surface area contributed by atoms with Crippen molar-refractivity contribution in [2.45, 2.75) is 13.8 Å². The summed E-state index contributed by atoms with van der Waals surface area (Å²) in [5.41, 5.74) is 0.895. The number of anilines is 1. The van der Waals surface area contributed by atoms with E-state index in [-0.39, 0.29) is 5.57 Å². The van der Waals surface area contributed by atoms with Crippen LogP contribution in [0.4, 0.5) is 5.69 Å². The molecule has 0 aliphatic heterocycles. The summed E-state index contributed by atoms with van der Waals surface area (Å²) in [5, 5.41) is 21.3. The fourth-order valence-corrected chi connectivity index (χ4v) is 1.89. The Morgan fingerprint density at radius 2 is 1.85 bits per heavy atom. The maximum Gasteiger partial charge on any atom is 0.159 e. The summed E-state index contributed by atoms with van der Waals surface area (Å²) in [5.74, 6) is 1.28. The van der Waals surface area contributed by atoms with Crippen molar-refractivity contribution in [3.8, 4) is 17.9 Å². The van der Waals surface area contributed by atoms with Crippen molar-refractivity contribution in [1.29, 1.82) is 10.5 Å². The average molecular weight is 287 g/mol.